The van der Waals surface area contributed by atoms with Gasteiger partial charge < -0.3 is 15.0 Å². The molecule has 0 unspecified atom stereocenters. The molecule has 2 amide bonds. The zero-order valence-electron chi connectivity index (χ0n) is 22.5. The molecule has 3 aromatic rings. The highest BCUT2D eigenvalue weighted by Crippen LogP contribution is 2.25. The Balaban J connectivity index is 2.00. The van der Waals surface area contributed by atoms with Gasteiger partial charge in [-0.15, -0.1) is 0 Å². The second-order valence-corrected chi connectivity index (χ2v) is 12.3. The summed E-state index contributed by atoms with van der Waals surface area (Å²) in [6.45, 7) is 5.15. The molecule has 0 aliphatic heterocycles. The minimum absolute atomic E-state index is 0.0698. The summed E-state index contributed by atoms with van der Waals surface area (Å²) in [6, 6.07) is 21.2. The average molecular weight is 664 g/mol. The summed E-state index contributed by atoms with van der Waals surface area (Å²) in [5.74, 6) is -0.147. The SMILES string of the molecule is CC[C@H](C)NC(=O)[C@@H](C)N(Cc1ccc(OC)cc1)C(=O)CN(c1ccc(I)cc1)S(=O)(=O)c1ccccc1. The van der Waals surface area contributed by atoms with Crippen LogP contribution < -0.4 is 14.4 Å². The van der Waals surface area contributed by atoms with Gasteiger partial charge in [-0.3, -0.25) is 13.9 Å². The molecular weight excluding hydrogens is 629 g/mol. The Kier molecular flexibility index (Phi) is 10.8. The molecule has 3 rings (SSSR count). The zero-order valence-corrected chi connectivity index (χ0v) is 25.5. The summed E-state index contributed by atoms with van der Waals surface area (Å²) in [6.07, 6.45) is 0.737. The third-order valence-corrected chi connectivity index (χ3v) is 8.91. The van der Waals surface area contributed by atoms with Crippen LogP contribution in [0.5, 0.6) is 5.75 Å². The Morgan fingerprint density at radius 3 is 2.13 bits per heavy atom. The molecular formula is C29H34IN3O5S. The molecule has 3 aromatic carbocycles. The number of methoxy groups -OCH3 is 1. The Hall–Kier alpha value is -3.12. The lowest BCUT2D eigenvalue weighted by atomic mass is 10.1. The van der Waals surface area contributed by atoms with Crippen molar-refractivity contribution in [2.24, 2.45) is 0 Å². The van der Waals surface area contributed by atoms with Gasteiger partial charge in [-0.1, -0.05) is 37.3 Å². The number of carbonyl (C=O) groups excluding carboxylic acids is 2. The van der Waals surface area contributed by atoms with Crippen molar-refractivity contribution in [2.75, 3.05) is 18.0 Å². The van der Waals surface area contributed by atoms with Gasteiger partial charge in [0.25, 0.3) is 10.0 Å². The Morgan fingerprint density at radius 1 is 0.949 bits per heavy atom. The van der Waals surface area contributed by atoms with Crippen molar-refractivity contribution in [1.82, 2.24) is 10.2 Å². The van der Waals surface area contributed by atoms with Gasteiger partial charge in [0.05, 0.1) is 17.7 Å². The van der Waals surface area contributed by atoms with E-state index in [0.29, 0.717) is 11.4 Å². The summed E-state index contributed by atoms with van der Waals surface area (Å²) in [4.78, 5) is 28.5. The lowest BCUT2D eigenvalue weighted by molar-refractivity contribution is -0.139. The van der Waals surface area contributed by atoms with E-state index >= 15 is 0 Å². The number of rotatable bonds is 12. The first kappa shape index (κ1) is 30.4. The van der Waals surface area contributed by atoms with Crippen LogP contribution in [0, 0.1) is 3.57 Å². The predicted octanol–water partition coefficient (Wildman–Crippen LogP) is 4.83. The summed E-state index contributed by atoms with van der Waals surface area (Å²) < 4.78 is 34.8. The van der Waals surface area contributed by atoms with Crippen LogP contribution in [0.2, 0.25) is 0 Å². The van der Waals surface area contributed by atoms with E-state index in [1.54, 1.807) is 68.6 Å². The second kappa shape index (κ2) is 13.8. The Labute approximate surface area is 244 Å². The molecule has 0 saturated heterocycles. The van der Waals surface area contributed by atoms with E-state index in [1.165, 1.54) is 17.0 Å². The molecule has 0 aromatic heterocycles. The highest BCUT2D eigenvalue weighted by molar-refractivity contribution is 14.1. The van der Waals surface area contributed by atoms with Gasteiger partial charge in [0, 0.05) is 16.2 Å². The maximum Gasteiger partial charge on any atom is 0.264 e. The van der Waals surface area contributed by atoms with Crippen LogP contribution >= 0.6 is 22.6 Å². The molecule has 0 radical (unpaired) electrons. The minimum Gasteiger partial charge on any atom is -0.497 e. The van der Waals surface area contributed by atoms with Gasteiger partial charge >= 0.3 is 0 Å². The number of benzene rings is 3. The van der Waals surface area contributed by atoms with E-state index in [9.17, 15) is 18.0 Å². The molecule has 0 bridgehead atoms. The van der Waals surface area contributed by atoms with Gasteiger partial charge in [0.15, 0.2) is 0 Å². The normalized spacial score (nSPS) is 12.7. The van der Waals surface area contributed by atoms with Crippen LogP contribution in [-0.4, -0.2) is 50.9 Å². The molecule has 1 N–H and O–H groups in total. The van der Waals surface area contributed by atoms with Gasteiger partial charge in [-0.25, -0.2) is 8.42 Å². The first-order valence-corrected chi connectivity index (χ1v) is 15.1. The fraction of sp³-hybridized carbons (Fsp3) is 0.310. The maximum atomic E-state index is 13.9. The summed E-state index contributed by atoms with van der Waals surface area (Å²) in [7, 11) is -2.51. The molecule has 10 heteroatoms. The van der Waals surface area contributed by atoms with Crippen LogP contribution in [0.4, 0.5) is 5.69 Å². The van der Waals surface area contributed by atoms with Gasteiger partial charge in [-0.2, -0.15) is 0 Å². The van der Waals surface area contributed by atoms with Crippen LogP contribution in [0.3, 0.4) is 0 Å². The maximum absolute atomic E-state index is 13.9. The average Bonchev–Trinajstić information content (AvgIpc) is 2.95. The van der Waals surface area contributed by atoms with Gasteiger partial charge in [0.1, 0.15) is 18.3 Å². The van der Waals surface area contributed by atoms with E-state index in [2.05, 4.69) is 27.9 Å². The number of nitrogens with one attached hydrogen (secondary N) is 1. The molecule has 0 fully saturated rings. The van der Waals surface area contributed by atoms with Crippen molar-refractivity contribution in [3.63, 3.8) is 0 Å². The standard InChI is InChI=1S/C29H34IN3O5S/c1-5-21(2)31-29(35)22(3)32(19-23-11-17-26(38-4)18-12-23)28(34)20-33(25-15-13-24(30)14-16-25)39(36,37)27-9-7-6-8-10-27/h6-18,21-22H,5,19-20H2,1-4H3,(H,31,35)/t21-,22+/m0/s1. The lowest BCUT2D eigenvalue weighted by Crippen LogP contribution is -2.52. The van der Waals surface area contributed by atoms with E-state index in [-0.39, 0.29) is 23.4 Å². The predicted molar refractivity (Wildman–Crippen MR) is 161 cm³/mol. The molecule has 39 heavy (non-hydrogen) atoms. The van der Waals surface area contributed by atoms with Crippen molar-refractivity contribution >= 4 is 50.1 Å². The third-order valence-electron chi connectivity index (χ3n) is 6.40. The summed E-state index contributed by atoms with van der Waals surface area (Å²) >= 11 is 2.14. The monoisotopic (exact) mass is 663 g/mol. The molecule has 0 aliphatic rings. The number of amides is 2. The molecule has 0 aliphatic carbocycles. The van der Waals surface area contributed by atoms with Crippen molar-refractivity contribution in [2.45, 2.75) is 50.7 Å². The van der Waals surface area contributed by atoms with E-state index in [1.807, 2.05) is 26.0 Å². The minimum atomic E-state index is -4.08. The van der Waals surface area contributed by atoms with Gasteiger partial charge in [-0.05, 0) is 97.0 Å². The zero-order chi connectivity index (χ0) is 28.6. The molecule has 208 valence electrons. The highest BCUT2D eigenvalue weighted by Gasteiger charge is 2.32. The molecule has 2 atom stereocenters. The topological polar surface area (TPSA) is 96.0 Å². The molecule has 0 saturated carbocycles. The largest absolute Gasteiger partial charge is 0.497 e. The molecule has 8 nitrogen and oxygen atoms in total. The second-order valence-electron chi connectivity index (χ2n) is 9.16. The number of anilines is 1. The van der Waals surface area contributed by atoms with Crippen LogP contribution in [0.15, 0.2) is 83.8 Å². The first-order chi connectivity index (χ1) is 18.6. The fourth-order valence-electron chi connectivity index (χ4n) is 3.83. The van der Waals surface area contributed by atoms with Crippen molar-refractivity contribution in [3.05, 3.63) is 88.0 Å². The number of sulfonamides is 1. The van der Waals surface area contributed by atoms with Crippen LogP contribution in [-0.2, 0) is 26.2 Å². The fourth-order valence-corrected chi connectivity index (χ4v) is 5.63. The van der Waals surface area contributed by atoms with Crippen LogP contribution in [0.25, 0.3) is 0 Å². The molecule has 0 spiro atoms. The number of carbonyl (C=O) groups is 2. The van der Waals surface area contributed by atoms with Crippen molar-refractivity contribution in [1.29, 1.82) is 0 Å². The Bertz CT molecular complexity index is 1350. The van der Waals surface area contributed by atoms with Crippen molar-refractivity contribution in [3.8, 4) is 5.75 Å². The summed E-state index contributed by atoms with van der Waals surface area (Å²) in [5.41, 5.74) is 1.13. The number of ether oxygens (including phenoxy) is 1. The lowest BCUT2D eigenvalue weighted by Gasteiger charge is -2.32. The summed E-state index contributed by atoms with van der Waals surface area (Å²) in [5, 5.41) is 2.93. The van der Waals surface area contributed by atoms with Gasteiger partial charge in [0.2, 0.25) is 11.8 Å². The smallest absolute Gasteiger partial charge is 0.264 e. The van der Waals surface area contributed by atoms with Crippen LogP contribution in [0.1, 0.15) is 32.8 Å². The van der Waals surface area contributed by atoms with Crippen molar-refractivity contribution < 1.29 is 22.7 Å². The third kappa shape index (κ3) is 7.95. The van der Waals surface area contributed by atoms with E-state index in [4.69, 9.17) is 4.74 Å². The number of nitrogens with zero attached hydrogens (tertiary/aromatic N) is 2. The molecule has 0 heterocycles. The number of halogens is 1. The number of hydrogen-bond acceptors (Lipinski definition) is 5. The quantitative estimate of drug-likeness (QED) is 0.281. The number of hydrogen-bond donors (Lipinski definition) is 1. The van der Waals surface area contributed by atoms with E-state index < -0.39 is 28.5 Å². The highest BCUT2D eigenvalue weighted by atomic mass is 127. The first-order valence-electron chi connectivity index (χ1n) is 12.6. The van der Waals surface area contributed by atoms with E-state index in [0.717, 1.165) is 19.9 Å². The Morgan fingerprint density at radius 2 is 1.56 bits per heavy atom.